The summed E-state index contributed by atoms with van der Waals surface area (Å²) in [5, 5.41) is 11.1. The molecule has 4 N–H and O–H groups in total. The number of nitrogens with two attached hydrogens (primary N) is 1. The molecule has 0 radical (unpaired) electrons. The van der Waals surface area contributed by atoms with Crippen molar-refractivity contribution in [2.75, 3.05) is 13.1 Å². The summed E-state index contributed by atoms with van der Waals surface area (Å²) in [6.07, 6.45) is 1.92. The quantitative estimate of drug-likeness (QED) is 0.725. The fraction of sp³-hybridized carbons (Fsp3) is 0.462. The van der Waals surface area contributed by atoms with Crippen molar-refractivity contribution < 1.29 is 13.2 Å². The Morgan fingerprint density at radius 1 is 1.35 bits per heavy atom. The minimum Gasteiger partial charge on any atom is -0.352 e. The lowest BCUT2D eigenvalue weighted by atomic mass is 9.99. The van der Waals surface area contributed by atoms with Crippen molar-refractivity contribution in [1.82, 2.24) is 10.6 Å². The highest BCUT2D eigenvalue weighted by molar-refractivity contribution is 7.89. The van der Waals surface area contributed by atoms with Crippen molar-refractivity contribution >= 4 is 15.9 Å². The van der Waals surface area contributed by atoms with E-state index in [-0.39, 0.29) is 16.7 Å². The van der Waals surface area contributed by atoms with Gasteiger partial charge in [0, 0.05) is 13.1 Å². The van der Waals surface area contributed by atoms with Crippen LogP contribution in [0.4, 0.5) is 0 Å². The molecule has 20 heavy (non-hydrogen) atoms. The van der Waals surface area contributed by atoms with Gasteiger partial charge in [-0.1, -0.05) is 12.1 Å². The van der Waals surface area contributed by atoms with Crippen LogP contribution in [0.2, 0.25) is 0 Å². The number of primary sulfonamides is 1. The molecule has 0 saturated carbocycles. The molecule has 1 aliphatic heterocycles. The first-order valence-electron chi connectivity index (χ1n) is 6.57. The molecule has 2 rings (SSSR count). The van der Waals surface area contributed by atoms with Crippen LogP contribution in [0.25, 0.3) is 0 Å². The highest BCUT2D eigenvalue weighted by Crippen LogP contribution is 2.11. The molecule has 1 unspecified atom stereocenters. The average Bonchev–Trinajstić information content (AvgIpc) is 2.45. The van der Waals surface area contributed by atoms with Gasteiger partial charge in [-0.05, 0) is 37.1 Å². The minimum atomic E-state index is -3.66. The molecular weight excluding hydrogens is 278 g/mol. The maximum atomic E-state index is 11.9. The first kappa shape index (κ1) is 15.0. The van der Waals surface area contributed by atoms with Gasteiger partial charge in [0.15, 0.2) is 0 Å². The predicted octanol–water partition coefficient (Wildman–Crippen LogP) is -0.0502. The standard InChI is InChI=1S/C13H19N3O3S/c14-20(18,19)12-5-3-10(4-6-12)8-16-13(17)11-2-1-7-15-9-11/h3-6,11,15H,1-2,7-9H2,(H,16,17)(H2,14,18,19). The molecule has 1 aliphatic rings. The monoisotopic (exact) mass is 297 g/mol. The molecule has 7 heteroatoms. The third-order valence-corrected chi connectivity index (χ3v) is 4.32. The van der Waals surface area contributed by atoms with Gasteiger partial charge in [-0.3, -0.25) is 4.79 Å². The summed E-state index contributed by atoms with van der Waals surface area (Å²) in [5.74, 6) is 0.0557. The highest BCUT2D eigenvalue weighted by atomic mass is 32.2. The second kappa shape index (κ2) is 6.34. The number of piperidine rings is 1. The van der Waals surface area contributed by atoms with E-state index < -0.39 is 10.0 Å². The summed E-state index contributed by atoms with van der Waals surface area (Å²) in [4.78, 5) is 12.0. The smallest absolute Gasteiger partial charge is 0.238 e. The summed E-state index contributed by atoms with van der Waals surface area (Å²) in [5.41, 5.74) is 0.842. The first-order valence-corrected chi connectivity index (χ1v) is 8.11. The molecular formula is C13H19N3O3S. The second-order valence-corrected chi connectivity index (χ2v) is 6.51. The van der Waals surface area contributed by atoms with E-state index in [1.807, 2.05) is 0 Å². The Morgan fingerprint density at radius 3 is 2.60 bits per heavy atom. The molecule has 1 heterocycles. The molecule has 1 saturated heterocycles. The van der Waals surface area contributed by atoms with Gasteiger partial charge in [-0.15, -0.1) is 0 Å². The van der Waals surface area contributed by atoms with Gasteiger partial charge in [0.05, 0.1) is 10.8 Å². The zero-order valence-corrected chi connectivity index (χ0v) is 11.9. The van der Waals surface area contributed by atoms with Crippen LogP contribution in [0.1, 0.15) is 18.4 Å². The zero-order valence-electron chi connectivity index (χ0n) is 11.1. The SMILES string of the molecule is NS(=O)(=O)c1ccc(CNC(=O)C2CCCNC2)cc1. The Morgan fingerprint density at radius 2 is 2.05 bits per heavy atom. The van der Waals surface area contributed by atoms with E-state index in [0.29, 0.717) is 6.54 Å². The molecule has 1 atom stereocenters. The Labute approximate surface area is 118 Å². The Balaban J connectivity index is 1.89. The summed E-state index contributed by atoms with van der Waals surface area (Å²) >= 11 is 0. The fourth-order valence-electron chi connectivity index (χ4n) is 2.21. The molecule has 6 nitrogen and oxygen atoms in total. The van der Waals surface area contributed by atoms with Gasteiger partial charge in [0.2, 0.25) is 15.9 Å². The molecule has 0 bridgehead atoms. The van der Waals surface area contributed by atoms with Crippen LogP contribution in [0, 0.1) is 5.92 Å². The maximum absolute atomic E-state index is 11.9. The topological polar surface area (TPSA) is 101 Å². The van der Waals surface area contributed by atoms with Crippen LogP contribution in [0.5, 0.6) is 0 Å². The third-order valence-electron chi connectivity index (χ3n) is 3.39. The van der Waals surface area contributed by atoms with Crippen LogP contribution in [-0.4, -0.2) is 27.4 Å². The third kappa shape index (κ3) is 4.03. The van der Waals surface area contributed by atoms with Gasteiger partial charge < -0.3 is 10.6 Å². The lowest BCUT2D eigenvalue weighted by molar-refractivity contribution is -0.125. The number of carbonyl (C=O) groups is 1. The molecule has 0 aliphatic carbocycles. The van der Waals surface area contributed by atoms with Crippen molar-refractivity contribution in [3.63, 3.8) is 0 Å². The number of amides is 1. The van der Waals surface area contributed by atoms with Gasteiger partial charge in [0.1, 0.15) is 0 Å². The van der Waals surface area contributed by atoms with Crippen LogP contribution in [0.15, 0.2) is 29.2 Å². The molecule has 1 fully saturated rings. The molecule has 0 spiro atoms. The maximum Gasteiger partial charge on any atom is 0.238 e. The number of rotatable bonds is 4. The Bertz CT molecular complexity index is 563. The average molecular weight is 297 g/mol. The number of benzene rings is 1. The fourth-order valence-corrected chi connectivity index (χ4v) is 2.72. The summed E-state index contributed by atoms with van der Waals surface area (Å²) < 4.78 is 22.2. The van der Waals surface area contributed by atoms with Crippen molar-refractivity contribution in [3.8, 4) is 0 Å². The normalized spacial score (nSPS) is 19.6. The van der Waals surface area contributed by atoms with E-state index in [4.69, 9.17) is 5.14 Å². The van der Waals surface area contributed by atoms with E-state index in [9.17, 15) is 13.2 Å². The van der Waals surface area contributed by atoms with Crippen molar-refractivity contribution in [3.05, 3.63) is 29.8 Å². The van der Waals surface area contributed by atoms with Gasteiger partial charge in [-0.25, -0.2) is 13.6 Å². The van der Waals surface area contributed by atoms with E-state index in [2.05, 4.69) is 10.6 Å². The Kier molecular flexibility index (Phi) is 4.74. The summed E-state index contributed by atoms with van der Waals surface area (Å²) in [7, 11) is -3.66. The predicted molar refractivity (Wildman–Crippen MR) is 75.3 cm³/mol. The number of sulfonamides is 1. The van der Waals surface area contributed by atoms with Crippen molar-refractivity contribution in [2.24, 2.45) is 11.1 Å². The highest BCUT2D eigenvalue weighted by Gasteiger charge is 2.20. The molecule has 1 aromatic rings. The van der Waals surface area contributed by atoms with Crippen LogP contribution in [-0.2, 0) is 21.4 Å². The lowest BCUT2D eigenvalue weighted by Crippen LogP contribution is -2.40. The van der Waals surface area contributed by atoms with E-state index in [1.165, 1.54) is 12.1 Å². The summed E-state index contributed by atoms with van der Waals surface area (Å²) in [6, 6.07) is 6.19. The largest absolute Gasteiger partial charge is 0.352 e. The molecule has 1 aromatic carbocycles. The number of nitrogens with one attached hydrogen (secondary N) is 2. The van der Waals surface area contributed by atoms with Crippen LogP contribution < -0.4 is 15.8 Å². The Hall–Kier alpha value is -1.44. The van der Waals surface area contributed by atoms with Crippen LogP contribution in [0.3, 0.4) is 0 Å². The van der Waals surface area contributed by atoms with Gasteiger partial charge >= 0.3 is 0 Å². The van der Waals surface area contributed by atoms with Crippen molar-refractivity contribution in [1.29, 1.82) is 0 Å². The summed E-state index contributed by atoms with van der Waals surface area (Å²) in [6.45, 7) is 2.08. The second-order valence-electron chi connectivity index (χ2n) is 4.95. The van der Waals surface area contributed by atoms with E-state index in [1.54, 1.807) is 12.1 Å². The van der Waals surface area contributed by atoms with Crippen molar-refractivity contribution in [2.45, 2.75) is 24.3 Å². The number of carbonyl (C=O) groups excluding carboxylic acids is 1. The van der Waals surface area contributed by atoms with E-state index >= 15 is 0 Å². The first-order chi connectivity index (χ1) is 9.47. The molecule has 0 aromatic heterocycles. The van der Waals surface area contributed by atoms with Crippen LogP contribution >= 0.6 is 0 Å². The number of hydrogen-bond acceptors (Lipinski definition) is 4. The van der Waals surface area contributed by atoms with Gasteiger partial charge in [-0.2, -0.15) is 0 Å². The molecule has 1 amide bonds. The molecule has 110 valence electrons. The van der Waals surface area contributed by atoms with E-state index in [0.717, 1.165) is 31.5 Å². The zero-order chi connectivity index (χ0) is 14.6. The number of hydrogen-bond donors (Lipinski definition) is 3. The minimum absolute atomic E-state index is 0.0208. The lowest BCUT2D eigenvalue weighted by Gasteiger charge is -2.21. The van der Waals surface area contributed by atoms with Gasteiger partial charge in [0.25, 0.3) is 0 Å².